The number of aliphatic hydroxyl groups excluding tert-OH is 7. The Bertz CT molecular complexity index is 891. The Morgan fingerprint density at radius 2 is 1.43 bits per heavy atom. The van der Waals surface area contributed by atoms with E-state index in [2.05, 4.69) is 0 Å². The Morgan fingerprint density at radius 3 is 2.06 bits per heavy atom. The second kappa shape index (κ2) is 11.6. The molecule has 0 unspecified atom stereocenters. The molecule has 1 aromatic rings. The van der Waals surface area contributed by atoms with Crippen molar-refractivity contribution in [2.75, 3.05) is 13.2 Å². The minimum atomic E-state index is -1.83. The van der Waals surface area contributed by atoms with Crippen LogP contribution in [0.15, 0.2) is 24.3 Å². The molecule has 0 spiro atoms. The van der Waals surface area contributed by atoms with E-state index in [0.29, 0.717) is 5.56 Å². The predicted molar refractivity (Wildman–Crippen MR) is 111 cm³/mol. The highest BCUT2D eigenvalue weighted by atomic mass is 16.7. The van der Waals surface area contributed by atoms with E-state index in [1.54, 1.807) is 0 Å². The number of esters is 1. The van der Waals surface area contributed by atoms with Gasteiger partial charge >= 0.3 is 5.97 Å². The number of hydrogen-bond donors (Lipinski definition) is 9. The third-order valence-electron chi connectivity index (χ3n) is 5.59. The smallest absolute Gasteiger partial charge is 0.333 e. The van der Waals surface area contributed by atoms with Crippen molar-refractivity contribution in [1.82, 2.24) is 0 Å². The van der Waals surface area contributed by atoms with E-state index in [0.717, 1.165) is 6.08 Å². The molecule has 0 aliphatic carbocycles. The zero-order chi connectivity index (χ0) is 25.9. The third-order valence-corrected chi connectivity index (χ3v) is 5.59. The van der Waals surface area contributed by atoms with Crippen molar-refractivity contribution in [1.29, 1.82) is 0 Å². The fourth-order valence-corrected chi connectivity index (χ4v) is 3.51. The first kappa shape index (κ1) is 27.2. The summed E-state index contributed by atoms with van der Waals surface area (Å²) in [5.41, 5.74) is 0.337. The van der Waals surface area contributed by atoms with E-state index in [9.17, 15) is 50.8 Å². The maximum atomic E-state index is 12.1. The lowest BCUT2D eigenvalue weighted by molar-refractivity contribution is -0.326. The zero-order valence-electron chi connectivity index (χ0n) is 18.1. The number of carbonyl (C=O) groups excluding carboxylic acids is 1. The number of rotatable bonds is 7. The summed E-state index contributed by atoms with van der Waals surface area (Å²) in [6.45, 7) is -1.27. The second-order valence-electron chi connectivity index (χ2n) is 8.06. The van der Waals surface area contributed by atoms with E-state index < -0.39 is 86.3 Å². The Labute approximate surface area is 198 Å². The van der Waals surface area contributed by atoms with Gasteiger partial charge in [0.2, 0.25) is 6.29 Å². The van der Waals surface area contributed by atoms with Crippen molar-refractivity contribution in [2.24, 2.45) is 0 Å². The monoisotopic (exact) mass is 504 g/mol. The molecular formula is C21H28O14. The Hall–Kier alpha value is -2.37. The van der Waals surface area contributed by atoms with Crippen molar-refractivity contribution < 1.29 is 69.7 Å². The molecule has 196 valence electrons. The van der Waals surface area contributed by atoms with Crippen LogP contribution in [-0.4, -0.2) is 127 Å². The van der Waals surface area contributed by atoms with Crippen molar-refractivity contribution >= 4 is 12.0 Å². The number of phenols is 2. The summed E-state index contributed by atoms with van der Waals surface area (Å²) in [6.07, 6.45) is -14.1. The summed E-state index contributed by atoms with van der Waals surface area (Å²) in [4.78, 5) is 12.1. The van der Waals surface area contributed by atoms with Gasteiger partial charge in [0.05, 0.1) is 13.2 Å². The minimum absolute atomic E-state index is 0.337. The Balaban J connectivity index is 1.60. The highest BCUT2D eigenvalue weighted by molar-refractivity contribution is 5.87. The highest BCUT2D eigenvalue weighted by Crippen LogP contribution is 2.27. The molecule has 9 N–H and O–H groups in total. The molecular weight excluding hydrogens is 476 g/mol. The Kier molecular flexibility index (Phi) is 9.00. The second-order valence-corrected chi connectivity index (χ2v) is 8.06. The van der Waals surface area contributed by atoms with Crippen molar-refractivity contribution in [3.63, 3.8) is 0 Å². The van der Waals surface area contributed by atoms with Gasteiger partial charge in [0.15, 0.2) is 17.8 Å². The SMILES string of the molecule is O=C(C=Cc1ccc(O)c(O)c1)O[C@@H]1O[C@H](CO[C@@H]2O[C@H](CO)[C@@H](O)[C@H](O)[C@H]2O)[C@@H](O)[C@H](O)[C@H]1O. The van der Waals surface area contributed by atoms with Crippen LogP contribution in [0.25, 0.3) is 6.08 Å². The molecule has 14 nitrogen and oxygen atoms in total. The minimum Gasteiger partial charge on any atom is -0.504 e. The summed E-state index contributed by atoms with van der Waals surface area (Å²) in [5, 5.41) is 88.1. The van der Waals surface area contributed by atoms with Crippen LogP contribution in [0.1, 0.15) is 5.56 Å². The topological polar surface area (TPSA) is 236 Å². The van der Waals surface area contributed by atoms with E-state index >= 15 is 0 Å². The molecule has 10 atom stereocenters. The molecule has 1 aromatic carbocycles. The van der Waals surface area contributed by atoms with Crippen LogP contribution in [0.4, 0.5) is 0 Å². The van der Waals surface area contributed by atoms with Crippen LogP contribution in [0.3, 0.4) is 0 Å². The first-order valence-corrected chi connectivity index (χ1v) is 10.6. The fourth-order valence-electron chi connectivity index (χ4n) is 3.51. The lowest BCUT2D eigenvalue weighted by Gasteiger charge is -2.42. The number of aromatic hydroxyl groups is 2. The van der Waals surface area contributed by atoms with Gasteiger partial charge in [-0.1, -0.05) is 6.07 Å². The van der Waals surface area contributed by atoms with Gasteiger partial charge in [-0.3, -0.25) is 0 Å². The summed E-state index contributed by atoms with van der Waals surface area (Å²) in [7, 11) is 0. The fraction of sp³-hybridized carbons (Fsp3) is 0.571. The average Bonchev–Trinajstić information content (AvgIpc) is 2.84. The number of phenolic OH excluding ortho intramolecular Hbond substituents is 2. The van der Waals surface area contributed by atoms with Crippen LogP contribution in [0.2, 0.25) is 0 Å². The highest BCUT2D eigenvalue weighted by Gasteiger charge is 2.48. The van der Waals surface area contributed by atoms with Gasteiger partial charge in [0.1, 0.15) is 48.8 Å². The molecule has 2 fully saturated rings. The van der Waals surface area contributed by atoms with Crippen LogP contribution in [0, 0.1) is 0 Å². The third kappa shape index (κ3) is 6.25. The average molecular weight is 504 g/mol. The lowest BCUT2D eigenvalue weighted by atomic mass is 9.98. The standard InChI is InChI=1S/C21H28O14/c22-6-11-14(26)16(28)18(30)20(33-11)32-7-12-15(27)17(29)19(31)21(34-12)35-13(25)4-2-8-1-3-9(23)10(24)5-8/h1-5,11-12,14-24,26-31H,6-7H2/t11-,12-,14-,15-,16+,17+,18-,19-,20-,21+/m1/s1. The number of ether oxygens (including phenoxy) is 4. The molecule has 3 rings (SSSR count). The zero-order valence-corrected chi connectivity index (χ0v) is 18.1. The molecule has 0 aromatic heterocycles. The quantitative estimate of drug-likeness (QED) is 0.0986. The molecule has 2 heterocycles. The van der Waals surface area contributed by atoms with Crippen LogP contribution in [-0.2, 0) is 23.7 Å². The molecule has 35 heavy (non-hydrogen) atoms. The first-order valence-electron chi connectivity index (χ1n) is 10.6. The van der Waals surface area contributed by atoms with E-state index in [1.807, 2.05) is 0 Å². The lowest BCUT2D eigenvalue weighted by Crippen LogP contribution is -2.61. The van der Waals surface area contributed by atoms with Gasteiger partial charge in [0.25, 0.3) is 0 Å². The Morgan fingerprint density at radius 1 is 0.829 bits per heavy atom. The van der Waals surface area contributed by atoms with E-state index in [1.165, 1.54) is 24.3 Å². The summed E-state index contributed by atoms with van der Waals surface area (Å²) >= 11 is 0. The first-order chi connectivity index (χ1) is 16.5. The van der Waals surface area contributed by atoms with Crippen LogP contribution in [0.5, 0.6) is 11.5 Å². The molecule has 14 heteroatoms. The van der Waals surface area contributed by atoms with E-state index in [4.69, 9.17) is 18.9 Å². The normalized spacial score (nSPS) is 37.9. The molecule has 2 aliphatic rings. The van der Waals surface area contributed by atoms with Crippen molar-refractivity contribution in [3.05, 3.63) is 29.8 Å². The van der Waals surface area contributed by atoms with Crippen LogP contribution >= 0.6 is 0 Å². The van der Waals surface area contributed by atoms with Gasteiger partial charge < -0.3 is 64.9 Å². The molecule has 0 amide bonds. The number of hydrogen-bond acceptors (Lipinski definition) is 14. The molecule has 2 saturated heterocycles. The van der Waals surface area contributed by atoms with Gasteiger partial charge in [-0.15, -0.1) is 0 Å². The van der Waals surface area contributed by atoms with E-state index in [-0.39, 0.29) is 5.75 Å². The van der Waals surface area contributed by atoms with Gasteiger partial charge in [-0.05, 0) is 23.8 Å². The number of aliphatic hydroxyl groups is 7. The molecule has 0 bridgehead atoms. The van der Waals surface area contributed by atoms with Crippen molar-refractivity contribution in [2.45, 2.75) is 61.4 Å². The van der Waals surface area contributed by atoms with Gasteiger partial charge in [0, 0.05) is 6.08 Å². The molecule has 0 radical (unpaired) electrons. The largest absolute Gasteiger partial charge is 0.504 e. The maximum absolute atomic E-state index is 12.1. The van der Waals surface area contributed by atoms with Gasteiger partial charge in [-0.25, -0.2) is 4.79 Å². The molecule has 2 aliphatic heterocycles. The summed E-state index contributed by atoms with van der Waals surface area (Å²) < 4.78 is 20.8. The van der Waals surface area contributed by atoms with Crippen LogP contribution < -0.4 is 0 Å². The molecule has 0 saturated carbocycles. The summed E-state index contributed by atoms with van der Waals surface area (Å²) in [6, 6.07) is 3.78. The van der Waals surface area contributed by atoms with Gasteiger partial charge in [-0.2, -0.15) is 0 Å². The van der Waals surface area contributed by atoms with Crippen molar-refractivity contribution in [3.8, 4) is 11.5 Å². The number of carbonyl (C=O) groups is 1. The maximum Gasteiger partial charge on any atom is 0.333 e. The summed E-state index contributed by atoms with van der Waals surface area (Å²) in [5.74, 6) is -1.78. The number of benzene rings is 1. The predicted octanol–water partition coefficient (Wildman–Crippen LogP) is -3.72.